The van der Waals surface area contributed by atoms with E-state index in [2.05, 4.69) is 0 Å². The van der Waals surface area contributed by atoms with Crippen LogP contribution in [0.3, 0.4) is 0 Å². The van der Waals surface area contributed by atoms with E-state index in [0.29, 0.717) is 28.2 Å². The van der Waals surface area contributed by atoms with Gasteiger partial charge in [0.1, 0.15) is 29.1 Å². The molecule has 0 spiro atoms. The Morgan fingerprint density at radius 3 is 2.45 bits per heavy atom. The molecule has 2 aromatic carbocycles. The van der Waals surface area contributed by atoms with E-state index < -0.39 is 5.97 Å². The lowest BCUT2D eigenvalue weighted by Gasteiger charge is -2.11. The zero-order valence-electron chi connectivity index (χ0n) is 16.5. The molecule has 0 N–H and O–H groups in total. The lowest BCUT2D eigenvalue weighted by Crippen LogP contribution is -2.20. The highest BCUT2D eigenvalue weighted by molar-refractivity contribution is 5.79. The normalized spacial score (nSPS) is 11.7. The smallest absolute Gasteiger partial charge is 0.344 e. The van der Waals surface area contributed by atoms with Gasteiger partial charge >= 0.3 is 5.97 Å². The summed E-state index contributed by atoms with van der Waals surface area (Å²) in [7, 11) is 1.57. The molecule has 1 heterocycles. The highest BCUT2D eigenvalue weighted by Gasteiger charge is 2.12. The van der Waals surface area contributed by atoms with E-state index >= 15 is 0 Å². The number of methoxy groups -OCH3 is 1. The Hall–Kier alpha value is -3.48. The van der Waals surface area contributed by atoms with Crippen LogP contribution in [-0.4, -0.2) is 25.8 Å². The first-order chi connectivity index (χ1) is 14.0. The van der Waals surface area contributed by atoms with Gasteiger partial charge in [-0.1, -0.05) is 6.92 Å². The van der Waals surface area contributed by atoms with Gasteiger partial charge in [-0.3, -0.25) is 4.79 Å². The lowest BCUT2D eigenvalue weighted by atomic mass is 10.2. The molecule has 0 aliphatic carbocycles. The van der Waals surface area contributed by atoms with Crippen LogP contribution in [0.5, 0.6) is 23.0 Å². The molecule has 1 atom stereocenters. The minimum atomic E-state index is -0.455. The molecular weight excluding hydrogens is 376 g/mol. The average molecular weight is 398 g/mol. The number of fused-ring (bicyclic) bond motifs is 1. The van der Waals surface area contributed by atoms with E-state index in [4.69, 9.17) is 23.4 Å². The second-order valence-electron chi connectivity index (χ2n) is 6.36. The molecule has 0 radical (unpaired) electrons. The molecule has 29 heavy (non-hydrogen) atoms. The Morgan fingerprint density at radius 1 is 1.07 bits per heavy atom. The maximum absolute atomic E-state index is 12.7. The van der Waals surface area contributed by atoms with Crippen molar-refractivity contribution in [1.29, 1.82) is 0 Å². The Bertz CT molecular complexity index is 1040. The van der Waals surface area contributed by atoms with Gasteiger partial charge in [0, 0.05) is 6.07 Å². The molecule has 152 valence electrons. The third-order valence-corrected chi connectivity index (χ3v) is 4.27. The zero-order chi connectivity index (χ0) is 20.8. The number of ether oxygens (including phenoxy) is 4. The molecule has 0 bridgehead atoms. The SMILES string of the molecule is CCC(C)OC(=O)COc1ccc2c(=O)c(Oc3ccc(OC)cc3)coc2c1. The monoisotopic (exact) mass is 398 g/mol. The Balaban J connectivity index is 1.73. The van der Waals surface area contributed by atoms with Crippen LogP contribution in [0, 0.1) is 0 Å². The molecule has 0 aliphatic rings. The van der Waals surface area contributed by atoms with Crippen LogP contribution < -0.4 is 19.6 Å². The van der Waals surface area contributed by atoms with Crippen LogP contribution in [0.15, 0.2) is 57.9 Å². The maximum Gasteiger partial charge on any atom is 0.344 e. The van der Waals surface area contributed by atoms with Crippen LogP contribution in [0.1, 0.15) is 20.3 Å². The van der Waals surface area contributed by atoms with Crippen molar-refractivity contribution in [2.45, 2.75) is 26.4 Å². The van der Waals surface area contributed by atoms with Crippen molar-refractivity contribution >= 4 is 16.9 Å². The topological polar surface area (TPSA) is 84.2 Å². The van der Waals surface area contributed by atoms with Gasteiger partial charge in [-0.05, 0) is 49.7 Å². The second-order valence-corrected chi connectivity index (χ2v) is 6.36. The molecule has 7 heteroatoms. The molecule has 7 nitrogen and oxygen atoms in total. The molecule has 0 amide bonds. The number of benzene rings is 2. The minimum Gasteiger partial charge on any atom is -0.497 e. The van der Waals surface area contributed by atoms with Crippen LogP contribution in [-0.2, 0) is 9.53 Å². The highest BCUT2D eigenvalue weighted by atomic mass is 16.6. The van der Waals surface area contributed by atoms with Gasteiger partial charge in [0.2, 0.25) is 11.2 Å². The van der Waals surface area contributed by atoms with Gasteiger partial charge < -0.3 is 23.4 Å². The predicted molar refractivity (Wildman–Crippen MR) is 107 cm³/mol. The van der Waals surface area contributed by atoms with E-state index in [9.17, 15) is 9.59 Å². The van der Waals surface area contributed by atoms with Gasteiger partial charge in [0.25, 0.3) is 0 Å². The van der Waals surface area contributed by atoms with Gasteiger partial charge in [0.05, 0.1) is 18.6 Å². The number of esters is 1. The standard InChI is InChI=1S/C22H22O7/c1-4-14(2)28-21(23)13-26-17-9-10-18-19(11-17)27-12-20(22(18)24)29-16-7-5-15(25-3)6-8-16/h5-12,14H,4,13H2,1-3H3. The fourth-order valence-corrected chi connectivity index (χ4v) is 2.51. The summed E-state index contributed by atoms with van der Waals surface area (Å²) in [6.45, 7) is 3.52. The van der Waals surface area contributed by atoms with E-state index in [1.54, 1.807) is 49.6 Å². The molecule has 0 fully saturated rings. The average Bonchev–Trinajstić information content (AvgIpc) is 2.74. The summed E-state index contributed by atoms with van der Waals surface area (Å²) in [5.41, 5.74) is 0.00896. The fourth-order valence-electron chi connectivity index (χ4n) is 2.51. The van der Waals surface area contributed by atoms with Crippen LogP contribution >= 0.6 is 0 Å². The lowest BCUT2D eigenvalue weighted by molar-refractivity contribution is -0.150. The Morgan fingerprint density at radius 2 is 1.76 bits per heavy atom. The highest BCUT2D eigenvalue weighted by Crippen LogP contribution is 2.25. The van der Waals surface area contributed by atoms with Crippen LogP contribution in [0.4, 0.5) is 0 Å². The first kappa shape index (κ1) is 20.3. The van der Waals surface area contributed by atoms with Crippen molar-refractivity contribution in [3.8, 4) is 23.0 Å². The van der Waals surface area contributed by atoms with Gasteiger partial charge in [-0.25, -0.2) is 4.79 Å². The van der Waals surface area contributed by atoms with Crippen LogP contribution in [0.2, 0.25) is 0 Å². The van der Waals surface area contributed by atoms with Crippen molar-refractivity contribution in [3.05, 3.63) is 59.0 Å². The first-order valence-electron chi connectivity index (χ1n) is 9.20. The van der Waals surface area contributed by atoms with Gasteiger partial charge in [-0.2, -0.15) is 0 Å². The molecule has 0 saturated carbocycles. The third-order valence-electron chi connectivity index (χ3n) is 4.27. The zero-order valence-corrected chi connectivity index (χ0v) is 16.5. The van der Waals surface area contributed by atoms with Crippen molar-refractivity contribution in [2.75, 3.05) is 13.7 Å². The number of hydrogen-bond acceptors (Lipinski definition) is 7. The summed E-state index contributed by atoms with van der Waals surface area (Å²) >= 11 is 0. The van der Waals surface area contributed by atoms with E-state index in [0.717, 1.165) is 6.42 Å². The Labute approximate surface area is 167 Å². The summed E-state index contributed by atoms with van der Waals surface area (Å²) < 4.78 is 26.8. The molecule has 0 aliphatic heterocycles. The first-order valence-corrected chi connectivity index (χ1v) is 9.20. The molecular formula is C22H22O7. The van der Waals surface area contributed by atoms with Crippen molar-refractivity contribution in [1.82, 2.24) is 0 Å². The number of carbonyl (C=O) groups is 1. The Kier molecular flexibility index (Phi) is 6.39. The van der Waals surface area contributed by atoms with E-state index in [1.807, 2.05) is 13.8 Å². The predicted octanol–water partition coefficient (Wildman–Crippen LogP) is 4.31. The molecule has 1 aromatic heterocycles. The summed E-state index contributed by atoms with van der Waals surface area (Å²) in [5, 5.41) is 0.338. The summed E-state index contributed by atoms with van der Waals surface area (Å²) in [4.78, 5) is 24.4. The molecule has 0 saturated heterocycles. The van der Waals surface area contributed by atoms with Gasteiger partial charge in [-0.15, -0.1) is 0 Å². The minimum absolute atomic E-state index is 0.0634. The second kappa shape index (κ2) is 9.14. The molecule has 3 rings (SSSR count). The van der Waals surface area contributed by atoms with Gasteiger partial charge in [0.15, 0.2) is 6.61 Å². The molecule has 3 aromatic rings. The number of hydrogen-bond donors (Lipinski definition) is 0. The largest absolute Gasteiger partial charge is 0.497 e. The third kappa shape index (κ3) is 5.07. The summed E-state index contributed by atoms with van der Waals surface area (Å²) in [6.07, 6.45) is 1.81. The molecule has 1 unspecified atom stereocenters. The van der Waals surface area contributed by atoms with Crippen LogP contribution in [0.25, 0.3) is 11.0 Å². The fraction of sp³-hybridized carbons (Fsp3) is 0.273. The quantitative estimate of drug-likeness (QED) is 0.523. The van der Waals surface area contributed by atoms with Crippen molar-refractivity contribution < 1.29 is 28.2 Å². The number of carbonyl (C=O) groups excluding carboxylic acids is 1. The van der Waals surface area contributed by atoms with E-state index in [-0.39, 0.29) is 23.9 Å². The summed E-state index contributed by atoms with van der Waals surface area (Å²) in [5.74, 6) is 1.17. The van der Waals surface area contributed by atoms with E-state index in [1.165, 1.54) is 6.26 Å². The number of rotatable bonds is 8. The van der Waals surface area contributed by atoms with Crippen molar-refractivity contribution in [3.63, 3.8) is 0 Å². The summed E-state index contributed by atoms with van der Waals surface area (Å²) in [6, 6.07) is 11.5. The maximum atomic E-state index is 12.7. The van der Waals surface area contributed by atoms with Crippen molar-refractivity contribution in [2.24, 2.45) is 0 Å².